The number of ether oxygens (including phenoxy) is 1. The van der Waals surface area contributed by atoms with E-state index in [0.29, 0.717) is 0 Å². The molecule has 0 radical (unpaired) electrons. The maximum absolute atomic E-state index is 12.5. The molecule has 0 aromatic rings. The minimum atomic E-state index is -0.809. The molecule has 1 aliphatic rings. The van der Waals surface area contributed by atoms with Crippen molar-refractivity contribution in [2.75, 3.05) is 0 Å². The summed E-state index contributed by atoms with van der Waals surface area (Å²) in [6.45, 7) is 2.09. The fourth-order valence-electron chi connectivity index (χ4n) is 1.20. The van der Waals surface area contributed by atoms with Crippen LogP contribution in [0.1, 0.15) is 32.6 Å². The summed E-state index contributed by atoms with van der Waals surface area (Å²) < 4.78 is 17.2. The maximum atomic E-state index is 12.5. The summed E-state index contributed by atoms with van der Waals surface area (Å²) in [5.74, 6) is -1.55. The second-order valence-electron chi connectivity index (χ2n) is 2.95. The summed E-state index contributed by atoms with van der Waals surface area (Å²) >= 11 is 0. The first kappa shape index (κ1) is 9.23. The molecule has 0 spiro atoms. The molecule has 1 unspecified atom stereocenters. The Morgan fingerprint density at radius 1 is 1.58 bits per heavy atom. The van der Waals surface area contributed by atoms with Crippen LogP contribution in [0, 0.1) is 0 Å². The largest absolute Gasteiger partial charge is 0.453 e. The second kappa shape index (κ2) is 4.24. The predicted octanol–water partition coefficient (Wildman–Crippen LogP) is 2.35. The fourth-order valence-corrected chi connectivity index (χ4v) is 1.20. The van der Waals surface area contributed by atoms with Crippen LogP contribution < -0.4 is 0 Å². The van der Waals surface area contributed by atoms with Crippen LogP contribution in [0.25, 0.3) is 0 Å². The standard InChI is InChI=1S/C9H13FO2/c1-2-3-4-5-7-6-8(10)9(11)12-7/h6-7H,2-5H2,1H3. The van der Waals surface area contributed by atoms with E-state index in [1.54, 1.807) is 0 Å². The lowest BCUT2D eigenvalue weighted by Crippen LogP contribution is -2.07. The highest BCUT2D eigenvalue weighted by molar-refractivity contribution is 5.88. The van der Waals surface area contributed by atoms with Crippen LogP contribution in [-0.4, -0.2) is 12.1 Å². The van der Waals surface area contributed by atoms with Crippen LogP contribution in [-0.2, 0) is 9.53 Å². The monoisotopic (exact) mass is 172 g/mol. The molecule has 12 heavy (non-hydrogen) atoms. The Morgan fingerprint density at radius 2 is 2.33 bits per heavy atom. The lowest BCUT2D eigenvalue weighted by atomic mass is 10.1. The van der Waals surface area contributed by atoms with Crippen molar-refractivity contribution < 1.29 is 13.9 Å². The third kappa shape index (κ3) is 2.32. The van der Waals surface area contributed by atoms with Crippen molar-refractivity contribution in [3.05, 3.63) is 11.9 Å². The van der Waals surface area contributed by atoms with E-state index < -0.39 is 11.8 Å². The predicted molar refractivity (Wildman–Crippen MR) is 43.2 cm³/mol. The number of cyclic esters (lactones) is 1. The quantitative estimate of drug-likeness (QED) is 0.480. The zero-order valence-electron chi connectivity index (χ0n) is 7.18. The summed E-state index contributed by atoms with van der Waals surface area (Å²) in [5, 5.41) is 0. The van der Waals surface area contributed by atoms with Crippen LogP contribution >= 0.6 is 0 Å². The number of halogens is 1. The first-order chi connectivity index (χ1) is 5.74. The average molecular weight is 172 g/mol. The van der Waals surface area contributed by atoms with Crippen LogP contribution in [0.5, 0.6) is 0 Å². The highest BCUT2D eigenvalue weighted by Gasteiger charge is 2.24. The zero-order valence-corrected chi connectivity index (χ0v) is 7.18. The number of rotatable bonds is 4. The summed E-state index contributed by atoms with van der Waals surface area (Å²) in [6.07, 6.45) is 4.89. The molecule has 0 saturated carbocycles. The van der Waals surface area contributed by atoms with Gasteiger partial charge >= 0.3 is 5.97 Å². The number of hydrogen-bond acceptors (Lipinski definition) is 2. The lowest BCUT2D eigenvalue weighted by Gasteiger charge is -2.05. The van der Waals surface area contributed by atoms with Crippen molar-refractivity contribution in [1.29, 1.82) is 0 Å². The van der Waals surface area contributed by atoms with Gasteiger partial charge in [0.15, 0.2) is 0 Å². The van der Waals surface area contributed by atoms with Crippen molar-refractivity contribution in [2.24, 2.45) is 0 Å². The number of carbonyl (C=O) groups is 1. The fraction of sp³-hybridized carbons (Fsp3) is 0.667. The molecule has 0 N–H and O–H groups in total. The molecule has 68 valence electrons. The molecule has 1 aliphatic heterocycles. The van der Waals surface area contributed by atoms with Crippen LogP contribution in [0.4, 0.5) is 4.39 Å². The number of hydrogen-bond donors (Lipinski definition) is 0. The van der Waals surface area contributed by atoms with Crippen molar-refractivity contribution in [3.8, 4) is 0 Å². The van der Waals surface area contributed by atoms with Gasteiger partial charge in [-0.1, -0.05) is 19.8 Å². The van der Waals surface area contributed by atoms with E-state index in [-0.39, 0.29) is 6.10 Å². The van der Waals surface area contributed by atoms with Gasteiger partial charge in [-0.05, 0) is 18.9 Å². The Labute approximate surface area is 71.4 Å². The van der Waals surface area contributed by atoms with Gasteiger partial charge in [0.25, 0.3) is 0 Å². The number of esters is 1. The lowest BCUT2D eigenvalue weighted by molar-refractivity contribution is -0.141. The highest BCUT2D eigenvalue weighted by atomic mass is 19.1. The molecule has 1 rings (SSSR count). The van der Waals surface area contributed by atoms with Crippen LogP contribution in [0.3, 0.4) is 0 Å². The van der Waals surface area contributed by atoms with Gasteiger partial charge in [-0.2, -0.15) is 4.39 Å². The van der Waals surface area contributed by atoms with Gasteiger partial charge in [-0.25, -0.2) is 4.79 Å². The van der Waals surface area contributed by atoms with Gasteiger partial charge in [0.2, 0.25) is 5.83 Å². The minimum absolute atomic E-state index is 0.316. The second-order valence-corrected chi connectivity index (χ2v) is 2.95. The Hall–Kier alpha value is -0.860. The van der Waals surface area contributed by atoms with E-state index in [9.17, 15) is 9.18 Å². The van der Waals surface area contributed by atoms with Gasteiger partial charge in [-0.3, -0.25) is 0 Å². The van der Waals surface area contributed by atoms with E-state index >= 15 is 0 Å². The number of unbranched alkanes of at least 4 members (excludes halogenated alkanes) is 2. The Morgan fingerprint density at radius 3 is 2.83 bits per heavy atom. The summed E-state index contributed by atoms with van der Waals surface area (Å²) in [6, 6.07) is 0. The van der Waals surface area contributed by atoms with Crippen molar-refractivity contribution in [2.45, 2.75) is 38.7 Å². The van der Waals surface area contributed by atoms with Gasteiger partial charge in [0, 0.05) is 0 Å². The molecule has 1 atom stereocenters. The molecule has 0 amide bonds. The first-order valence-electron chi connectivity index (χ1n) is 4.32. The molecule has 1 heterocycles. The van der Waals surface area contributed by atoms with E-state index in [1.165, 1.54) is 6.08 Å². The Bertz CT molecular complexity index is 199. The molecule has 0 fully saturated rings. The van der Waals surface area contributed by atoms with Crippen molar-refractivity contribution in [1.82, 2.24) is 0 Å². The average Bonchev–Trinajstić information content (AvgIpc) is 2.32. The molecule has 0 saturated heterocycles. The van der Waals surface area contributed by atoms with Gasteiger partial charge in [0.05, 0.1) is 0 Å². The molecule has 3 heteroatoms. The van der Waals surface area contributed by atoms with Crippen molar-refractivity contribution in [3.63, 3.8) is 0 Å². The molecule has 0 aromatic heterocycles. The van der Waals surface area contributed by atoms with Gasteiger partial charge < -0.3 is 4.74 Å². The smallest absolute Gasteiger partial charge is 0.367 e. The summed E-state index contributed by atoms with van der Waals surface area (Å²) in [4.78, 5) is 10.6. The third-order valence-corrected chi connectivity index (χ3v) is 1.88. The molecule has 0 aliphatic carbocycles. The summed E-state index contributed by atoms with van der Waals surface area (Å²) in [5.41, 5.74) is 0. The molecular weight excluding hydrogens is 159 g/mol. The van der Waals surface area contributed by atoms with E-state index in [4.69, 9.17) is 4.74 Å². The third-order valence-electron chi connectivity index (χ3n) is 1.88. The number of carbonyl (C=O) groups excluding carboxylic acids is 1. The maximum Gasteiger partial charge on any atom is 0.367 e. The minimum Gasteiger partial charge on any atom is -0.453 e. The van der Waals surface area contributed by atoms with Crippen LogP contribution in [0.15, 0.2) is 11.9 Å². The zero-order chi connectivity index (χ0) is 8.97. The summed E-state index contributed by atoms with van der Waals surface area (Å²) in [7, 11) is 0. The Balaban J connectivity index is 2.24. The molecular formula is C9H13FO2. The SMILES string of the molecule is CCCCCC1C=C(F)C(=O)O1. The van der Waals surface area contributed by atoms with Gasteiger partial charge in [0.1, 0.15) is 6.10 Å². The van der Waals surface area contributed by atoms with Crippen molar-refractivity contribution >= 4 is 5.97 Å². The van der Waals surface area contributed by atoms with E-state index in [0.717, 1.165) is 25.7 Å². The first-order valence-corrected chi connectivity index (χ1v) is 4.32. The molecule has 0 aromatic carbocycles. The highest BCUT2D eigenvalue weighted by Crippen LogP contribution is 2.19. The topological polar surface area (TPSA) is 26.3 Å². The van der Waals surface area contributed by atoms with Gasteiger partial charge in [-0.15, -0.1) is 0 Å². The molecule has 2 nitrogen and oxygen atoms in total. The Kier molecular flexibility index (Phi) is 3.26. The van der Waals surface area contributed by atoms with E-state index in [2.05, 4.69) is 6.92 Å². The normalized spacial score (nSPS) is 22.3. The molecule has 0 bridgehead atoms. The van der Waals surface area contributed by atoms with E-state index in [1.807, 2.05) is 0 Å². The van der Waals surface area contributed by atoms with Crippen LogP contribution in [0.2, 0.25) is 0 Å².